The van der Waals surface area contributed by atoms with Gasteiger partial charge in [0.25, 0.3) is 10.0 Å². The van der Waals surface area contributed by atoms with E-state index in [4.69, 9.17) is 4.84 Å². The Bertz CT molecular complexity index is 499. The summed E-state index contributed by atoms with van der Waals surface area (Å²) < 4.78 is 38.0. The van der Waals surface area contributed by atoms with Crippen molar-refractivity contribution in [1.29, 1.82) is 0 Å². The first kappa shape index (κ1) is 12.0. The maximum atomic E-state index is 12.8. The molecule has 1 aromatic rings. The lowest BCUT2D eigenvalue weighted by molar-refractivity contribution is -0.0285. The molecule has 16 heavy (non-hydrogen) atoms. The van der Waals surface area contributed by atoms with Crippen LogP contribution >= 0.6 is 15.9 Å². The quantitative estimate of drug-likeness (QED) is 0.838. The highest BCUT2D eigenvalue weighted by Gasteiger charge is 2.30. The van der Waals surface area contributed by atoms with Gasteiger partial charge in [0.2, 0.25) is 0 Å². The maximum absolute atomic E-state index is 12.8. The smallest absolute Gasteiger partial charge is 0.266 e. The summed E-state index contributed by atoms with van der Waals surface area (Å²) in [5.41, 5.74) is 0. The molecule has 0 unspecified atom stereocenters. The number of hydrogen-bond acceptors (Lipinski definition) is 3. The summed E-state index contributed by atoms with van der Waals surface area (Å²) in [6.45, 7) is 0.712. The van der Waals surface area contributed by atoms with Gasteiger partial charge in [0.15, 0.2) is 0 Å². The summed E-state index contributed by atoms with van der Waals surface area (Å²) >= 11 is 3.03. The molecule has 1 heterocycles. The SMILES string of the molecule is O=S(=O)(c1ccc(F)cc1Br)N1CCCO1. The number of nitrogens with zero attached hydrogens (tertiary/aromatic N) is 1. The number of hydroxylamine groups is 1. The second-order valence-electron chi connectivity index (χ2n) is 3.29. The minimum absolute atomic E-state index is 0.0100. The van der Waals surface area contributed by atoms with E-state index in [0.29, 0.717) is 19.6 Å². The van der Waals surface area contributed by atoms with Crippen LogP contribution in [-0.4, -0.2) is 26.0 Å². The number of halogens is 2. The van der Waals surface area contributed by atoms with Crippen molar-refractivity contribution < 1.29 is 17.6 Å². The molecule has 0 radical (unpaired) electrons. The molecule has 1 saturated heterocycles. The van der Waals surface area contributed by atoms with Crippen LogP contribution in [0.15, 0.2) is 27.6 Å². The van der Waals surface area contributed by atoms with E-state index in [-0.39, 0.29) is 9.37 Å². The Morgan fingerprint density at radius 3 is 2.75 bits per heavy atom. The van der Waals surface area contributed by atoms with Crippen LogP contribution in [0, 0.1) is 5.82 Å². The molecule has 1 fully saturated rings. The minimum Gasteiger partial charge on any atom is -0.284 e. The third-order valence-corrected chi connectivity index (χ3v) is 4.81. The van der Waals surface area contributed by atoms with Crippen molar-refractivity contribution >= 4 is 26.0 Å². The van der Waals surface area contributed by atoms with Gasteiger partial charge < -0.3 is 0 Å². The molecule has 0 amide bonds. The van der Waals surface area contributed by atoms with E-state index in [0.717, 1.165) is 16.6 Å². The van der Waals surface area contributed by atoms with Gasteiger partial charge in [-0.25, -0.2) is 12.8 Å². The fraction of sp³-hybridized carbons (Fsp3) is 0.333. The first-order chi connectivity index (χ1) is 7.51. The van der Waals surface area contributed by atoms with E-state index >= 15 is 0 Å². The molecule has 0 atom stereocenters. The van der Waals surface area contributed by atoms with E-state index in [1.54, 1.807) is 0 Å². The molecule has 0 spiro atoms. The van der Waals surface area contributed by atoms with Gasteiger partial charge in [0.05, 0.1) is 11.5 Å². The Kier molecular flexibility index (Phi) is 3.29. The molecule has 1 aliphatic rings. The Morgan fingerprint density at radius 2 is 2.19 bits per heavy atom. The predicted molar refractivity (Wildman–Crippen MR) is 58.6 cm³/mol. The Hall–Kier alpha value is -0.500. The number of hydrogen-bond donors (Lipinski definition) is 0. The monoisotopic (exact) mass is 309 g/mol. The summed E-state index contributed by atoms with van der Waals surface area (Å²) in [6.07, 6.45) is 0.665. The van der Waals surface area contributed by atoms with Crippen molar-refractivity contribution in [3.63, 3.8) is 0 Å². The summed E-state index contributed by atoms with van der Waals surface area (Å²) in [5, 5.41) is 0. The van der Waals surface area contributed by atoms with Crippen LogP contribution in [0.25, 0.3) is 0 Å². The van der Waals surface area contributed by atoms with E-state index in [1.165, 1.54) is 6.07 Å². The molecule has 0 bridgehead atoms. The van der Waals surface area contributed by atoms with Crippen molar-refractivity contribution in [3.05, 3.63) is 28.5 Å². The Labute approximate surface area is 101 Å². The second-order valence-corrected chi connectivity index (χ2v) is 5.94. The average molecular weight is 310 g/mol. The van der Waals surface area contributed by atoms with Crippen molar-refractivity contribution in [2.75, 3.05) is 13.2 Å². The Morgan fingerprint density at radius 1 is 1.44 bits per heavy atom. The summed E-state index contributed by atoms with van der Waals surface area (Å²) in [4.78, 5) is 5.00. The molecular weight excluding hydrogens is 301 g/mol. The van der Waals surface area contributed by atoms with Crippen LogP contribution in [0.5, 0.6) is 0 Å². The van der Waals surface area contributed by atoms with Gasteiger partial charge >= 0.3 is 0 Å². The fourth-order valence-electron chi connectivity index (χ4n) is 1.41. The summed E-state index contributed by atoms with van der Waals surface area (Å²) in [7, 11) is -3.69. The molecule has 2 rings (SSSR count). The highest BCUT2D eigenvalue weighted by atomic mass is 79.9. The third kappa shape index (κ3) is 2.13. The molecule has 1 aromatic carbocycles. The van der Waals surface area contributed by atoms with E-state index in [2.05, 4.69) is 15.9 Å². The number of sulfonamides is 1. The van der Waals surface area contributed by atoms with Gasteiger partial charge in [-0.1, -0.05) is 4.47 Å². The van der Waals surface area contributed by atoms with Gasteiger partial charge in [-0.15, -0.1) is 0 Å². The van der Waals surface area contributed by atoms with Crippen molar-refractivity contribution in [2.45, 2.75) is 11.3 Å². The van der Waals surface area contributed by atoms with Crippen LogP contribution < -0.4 is 0 Å². The molecule has 0 saturated carbocycles. The second kappa shape index (κ2) is 4.40. The maximum Gasteiger partial charge on any atom is 0.266 e. The Balaban J connectivity index is 2.42. The van der Waals surface area contributed by atoms with Crippen molar-refractivity contribution in [1.82, 2.24) is 4.47 Å². The molecule has 4 nitrogen and oxygen atoms in total. The first-order valence-corrected chi connectivity index (χ1v) is 6.86. The van der Waals surface area contributed by atoms with Crippen LogP contribution in [0.3, 0.4) is 0 Å². The van der Waals surface area contributed by atoms with Crippen LogP contribution in [0.1, 0.15) is 6.42 Å². The fourth-order valence-corrected chi connectivity index (χ4v) is 3.72. The summed E-state index contributed by atoms with van der Waals surface area (Å²) in [6, 6.07) is 3.44. The third-order valence-electron chi connectivity index (χ3n) is 2.16. The molecule has 0 aromatic heterocycles. The van der Waals surface area contributed by atoms with Gasteiger partial charge in [0, 0.05) is 11.0 Å². The predicted octanol–water partition coefficient (Wildman–Crippen LogP) is 1.91. The minimum atomic E-state index is -3.69. The lowest BCUT2D eigenvalue weighted by Crippen LogP contribution is -2.27. The van der Waals surface area contributed by atoms with Crippen LogP contribution in [0.2, 0.25) is 0 Å². The number of benzene rings is 1. The van der Waals surface area contributed by atoms with Gasteiger partial charge in [-0.3, -0.25) is 4.84 Å². The largest absolute Gasteiger partial charge is 0.284 e. The van der Waals surface area contributed by atoms with Crippen molar-refractivity contribution in [2.24, 2.45) is 0 Å². The average Bonchev–Trinajstić information content (AvgIpc) is 2.69. The van der Waals surface area contributed by atoms with E-state index in [9.17, 15) is 12.8 Å². The highest BCUT2D eigenvalue weighted by molar-refractivity contribution is 9.10. The molecule has 7 heteroatoms. The van der Waals surface area contributed by atoms with Gasteiger partial charge in [-0.2, -0.15) is 0 Å². The molecule has 88 valence electrons. The zero-order valence-corrected chi connectivity index (χ0v) is 10.6. The normalized spacial score (nSPS) is 17.9. The molecular formula is C9H9BrFNO3S. The summed E-state index contributed by atoms with van der Waals surface area (Å²) in [5.74, 6) is -0.492. The zero-order chi connectivity index (χ0) is 11.8. The first-order valence-electron chi connectivity index (χ1n) is 4.62. The lowest BCUT2D eigenvalue weighted by Gasteiger charge is -2.15. The number of rotatable bonds is 2. The molecule has 1 aliphatic heterocycles. The zero-order valence-electron chi connectivity index (χ0n) is 8.19. The van der Waals surface area contributed by atoms with Crippen LogP contribution in [-0.2, 0) is 14.9 Å². The highest BCUT2D eigenvalue weighted by Crippen LogP contribution is 2.27. The lowest BCUT2D eigenvalue weighted by atomic mass is 10.3. The van der Waals surface area contributed by atoms with Gasteiger partial charge in [0.1, 0.15) is 5.82 Å². The van der Waals surface area contributed by atoms with Crippen LogP contribution in [0.4, 0.5) is 4.39 Å². The van der Waals surface area contributed by atoms with E-state index < -0.39 is 15.8 Å². The topological polar surface area (TPSA) is 46.6 Å². The standard InChI is InChI=1S/C9H9BrFNO3S/c10-8-6-7(11)2-3-9(8)16(13,14)12-4-1-5-15-12/h2-3,6H,1,4-5H2. The molecule has 0 aliphatic carbocycles. The molecule has 0 N–H and O–H groups in total. The van der Waals surface area contributed by atoms with Gasteiger partial charge in [-0.05, 0) is 40.5 Å². The van der Waals surface area contributed by atoms with Crippen molar-refractivity contribution in [3.8, 4) is 0 Å². The van der Waals surface area contributed by atoms with E-state index in [1.807, 2.05) is 0 Å².